The van der Waals surface area contributed by atoms with Crippen LogP contribution in [0.15, 0.2) is 42.6 Å². The van der Waals surface area contributed by atoms with Crippen LogP contribution in [0.2, 0.25) is 0 Å². The Morgan fingerprint density at radius 3 is 2.81 bits per heavy atom. The Morgan fingerprint density at radius 2 is 2.14 bits per heavy atom. The second kappa shape index (κ2) is 6.04. The van der Waals surface area contributed by atoms with E-state index in [0.717, 1.165) is 25.1 Å². The van der Waals surface area contributed by atoms with Gasteiger partial charge < -0.3 is 14.6 Å². The number of amides is 1. The average molecular weight is 284 g/mol. The Kier molecular flexibility index (Phi) is 3.95. The van der Waals surface area contributed by atoms with E-state index in [2.05, 4.69) is 17.1 Å². The lowest BCUT2D eigenvalue weighted by Gasteiger charge is -2.24. The number of benzene rings is 1. The zero-order chi connectivity index (χ0) is 14.7. The van der Waals surface area contributed by atoms with Crippen LogP contribution < -0.4 is 4.74 Å². The summed E-state index contributed by atoms with van der Waals surface area (Å²) in [5, 5.41) is 0. The zero-order valence-electron chi connectivity index (χ0n) is 12.2. The molecule has 3 rings (SSSR count). The summed E-state index contributed by atoms with van der Waals surface area (Å²) in [5.41, 5.74) is 1.84. The lowest BCUT2D eigenvalue weighted by atomic mass is 10.0. The fraction of sp³-hybridized carbons (Fsp3) is 0.353. The van der Waals surface area contributed by atoms with Gasteiger partial charge in [-0.2, -0.15) is 0 Å². The van der Waals surface area contributed by atoms with Gasteiger partial charge in [0.2, 0.25) is 0 Å². The molecule has 2 aromatic rings. The van der Waals surface area contributed by atoms with E-state index in [-0.39, 0.29) is 11.9 Å². The first-order valence-electron chi connectivity index (χ1n) is 7.46. The van der Waals surface area contributed by atoms with Crippen molar-refractivity contribution < 1.29 is 9.53 Å². The molecule has 0 aliphatic carbocycles. The molecule has 1 aliphatic rings. The van der Waals surface area contributed by atoms with Crippen LogP contribution in [-0.4, -0.2) is 28.9 Å². The number of rotatable bonds is 4. The van der Waals surface area contributed by atoms with Crippen molar-refractivity contribution in [3.8, 4) is 5.75 Å². The molecule has 4 heteroatoms. The Bertz CT molecular complexity index is 590. The zero-order valence-corrected chi connectivity index (χ0v) is 12.2. The van der Waals surface area contributed by atoms with Crippen molar-refractivity contribution in [1.82, 2.24) is 9.88 Å². The summed E-state index contributed by atoms with van der Waals surface area (Å²) >= 11 is 0. The monoisotopic (exact) mass is 284 g/mol. The van der Waals surface area contributed by atoms with Gasteiger partial charge in [-0.05, 0) is 49.6 Å². The van der Waals surface area contributed by atoms with Gasteiger partial charge in [-0.25, -0.2) is 0 Å². The second-order valence-electron chi connectivity index (χ2n) is 5.24. The molecular weight excluding hydrogens is 264 g/mol. The van der Waals surface area contributed by atoms with Crippen molar-refractivity contribution in [3.63, 3.8) is 0 Å². The SMILES string of the molecule is CCOc1ccc([C@H]2CCCN2C(=O)c2ccc[nH]2)cc1. The lowest BCUT2D eigenvalue weighted by Crippen LogP contribution is -2.30. The number of nitrogens with zero attached hydrogens (tertiary/aromatic N) is 1. The summed E-state index contributed by atoms with van der Waals surface area (Å²) in [6.45, 7) is 3.46. The fourth-order valence-corrected chi connectivity index (χ4v) is 2.93. The predicted molar refractivity (Wildman–Crippen MR) is 81.4 cm³/mol. The van der Waals surface area contributed by atoms with Crippen LogP contribution >= 0.6 is 0 Å². The van der Waals surface area contributed by atoms with Crippen molar-refractivity contribution in [1.29, 1.82) is 0 Å². The summed E-state index contributed by atoms with van der Waals surface area (Å²) < 4.78 is 5.47. The molecule has 1 aromatic carbocycles. The molecule has 0 radical (unpaired) electrons. The summed E-state index contributed by atoms with van der Waals surface area (Å²) in [7, 11) is 0. The standard InChI is InChI=1S/C17H20N2O2/c1-2-21-14-9-7-13(8-10-14)16-6-4-12-19(16)17(20)15-5-3-11-18-15/h3,5,7-11,16,18H,2,4,6,12H2,1H3/t16-/m1/s1. The van der Waals surface area contributed by atoms with E-state index >= 15 is 0 Å². The highest BCUT2D eigenvalue weighted by Gasteiger charge is 2.30. The van der Waals surface area contributed by atoms with E-state index in [1.54, 1.807) is 6.20 Å². The van der Waals surface area contributed by atoms with Gasteiger partial charge >= 0.3 is 0 Å². The maximum Gasteiger partial charge on any atom is 0.270 e. The first kappa shape index (κ1) is 13.7. The smallest absolute Gasteiger partial charge is 0.270 e. The number of hydrogen-bond acceptors (Lipinski definition) is 2. The molecule has 1 aromatic heterocycles. The van der Waals surface area contributed by atoms with Gasteiger partial charge in [-0.3, -0.25) is 4.79 Å². The van der Waals surface area contributed by atoms with Crippen LogP contribution in [0.25, 0.3) is 0 Å². The minimum atomic E-state index is 0.0800. The number of hydrogen-bond donors (Lipinski definition) is 1. The van der Waals surface area contributed by atoms with Crippen LogP contribution in [0, 0.1) is 0 Å². The summed E-state index contributed by atoms with van der Waals surface area (Å²) in [4.78, 5) is 17.5. The van der Waals surface area contributed by atoms with E-state index < -0.39 is 0 Å². The highest BCUT2D eigenvalue weighted by Crippen LogP contribution is 2.33. The average Bonchev–Trinajstić information content (AvgIpc) is 3.19. The third-order valence-electron chi connectivity index (χ3n) is 3.92. The first-order chi connectivity index (χ1) is 10.3. The van der Waals surface area contributed by atoms with E-state index in [1.165, 1.54) is 5.56 Å². The van der Waals surface area contributed by atoms with Crippen molar-refractivity contribution >= 4 is 5.91 Å². The minimum absolute atomic E-state index is 0.0800. The van der Waals surface area contributed by atoms with Gasteiger partial charge in [0.15, 0.2) is 0 Å². The molecule has 1 atom stereocenters. The number of nitrogens with one attached hydrogen (secondary N) is 1. The Morgan fingerprint density at radius 1 is 1.33 bits per heavy atom. The molecule has 4 nitrogen and oxygen atoms in total. The number of aromatic amines is 1. The third kappa shape index (κ3) is 2.79. The maximum absolute atomic E-state index is 12.5. The largest absolute Gasteiger partial charge is 0.494 e. The van der Waals surface area contributed by atoms with Crippen LogP contribution in [0.4, 0.5) is 0 Å². The second-order valence-corrected chi connectivity index (χ2v) is 5.24. The van der Waals surface area contributed by atoms with Gasteiger partial charge in [0.1, 0.15) is 11.4 Å². The molecule has 21 heavy (non-hydrogen) atoms. The third-order valence-corrected chi connectivity index (χ3v) is 3.92. The molecule has 0 spiro atoms. The van der Waals surface area contributed by atoms with Gasteiger partial charge in [0.05, 0.1) is 12.6 Å². The van der Waals surface area contributed by atoms with Crippen LogP contribution in [-0.2, 0) is 0 Å². The van der Waals surface area contributed by atoms with Crippen LogP contribution in [0.3, 0.4) is 0 Å². The molecule has 0 saturated carbocycles. The van der Waals surface area contributed by atoms with Crippen molar-refractivity contribution in [3.05, 3.63) is 53.9 Å². The number of likely N-dealkylation sites (tertiary alicyclic amines) is 1. The summed E-state index contributed by atoms with van der Waals surface area (Å²) in [6.07, 6.45) is 3.85. The highest BCUT2D eigenvalue weighted by atomic mass is 16.5. The van der Waals surface area contributed by atoms with E-state index in [4.69, 9.17) is 4.74 Å². The topological polar surface area (TPSA) is 45.3 Å². The minimum Gasteiger partial charge on any atom is -0.494 e. The van der Waals surface area contributed by atoms with Crippen LogP contribution in [0.5, 0.6) is 5.75 Å². The van der Waals surface area contributed by atoms with E-state index in [9.17, 15) is 4.79 Å². The fourth-order valence-electron chi connectivity index (χ4n) is 2.93. The van der Waals surface area contributed by atoms with Crippen molar-refractivity contribution in [2.24, 2.45) is 0 Å². The van der Waals surface area contributed by atoms with Crippen molar-refractivity contribution in [2.45, 2.75) is 25.8 Å². The maximum atomic E-state index is 12.5. The highest BCUT2D eigenvalue weighted by molar-refractivity contribution is 5.92. The molecule has 0 bridgehead atoms. The quantitative estimate of drug-likeness (QED) is 0.935. The molecule has 0 unspecified atom stereocenters. The first-order valence-corrected chi connectivity index (χ1v) is 7.46. The van der Waals surface area contributed by atoms with Gasteiger partial charge in [-0.15, -0.1) is 0 Å². The lowest BCUT2D eigenvalue weighted by molar-refractivity contribution is 0.0730. The molecular formula is C17H20N2O2. The van der Waals surface area contributed by atoms with Crippen LogP contribution in [0.1, 0.15) is 41.9 Å². The Labute approximate surface area is 124 Å². The Balaban J connectivity index is 1.79. The van der Waals surface area contributed by atoms with E-state index in [1.807, 2.05) is 36.1 Å². The predicted octanol–water partition coefficient (Wildman–Crippen LogP) is 3.39. The van der Waals surface area contributed by atoms with Gasteiger partial charge in [0, 0.05) is 12.7 Å². The number of aromatic nitrogens is 1. The number of ether oxygens (including phenoxy) is 1. The molecule has 1 aliphatic heterocycles. The summed E-state index contributed by atoms with van der Waals surface area (Å²) in [6, 6.07) is 11.9. The molecule has 2 heterocycles. The van der Waals surface area contributed by atoms with Crippen molar-refractivity contribution in [2.75, 3.05) is 13.2 Å². The molecule has 1 fully saturated rings. The molecule has 110 valence electrons. The van der Waals surface area contributed by atoms with Gasteiger partial charge in [0.25, 0.3) is 5.91 Å². The number of H-pyrrole nitrogens is 1. The van der Waals surface area contributed by atoms with Gasteiger partial charge in [-0.1, -0.05) is 12.1 Å². The summed E-state index contributed by atoms with van der Waals surface area (Å²) in [5.74, 6) is 0.956. The number of carbonyl (C=O) groups excluding carboxylic acids is 1. The number of carbonyl (C=O) groups is 1. The van der Waals surface area contributed by atoms with E-state index in [0.29, 0.717) is 12.3 Å². The normalized spacial score (nSPS) is 18.0. The molecule has 1 N–H and O–H groups in total. The molecule has 1 amide bonds. The molecule has 1 saturated heterocycles. The Hall–Kier alpha value is -2.23.